The lowest BCUT2D eigenvalue weighted by Crippen LogP contribution is -2.47. The maximum Gasteiger partial charge on any atom is 0.407 e. The van der Waals surface area contributed by atoms with E-state index < -0.39 is 11.7 Å². The van der Waals surface area contributed by atoms with Crippen molar-refractivity contribution in [2.75, 3.05) is 31.5 Å². The maximum absolute atomic E-state index is 13.0. The molecular formula is C33H42N4O3. The summed E-state index contributed by atoms with van der Waals surface area (Å²) >= 11 is 0. The zero-order valence-electron chi connectivity index (χ0n) is 23.9. The molecule has 0 spiro atoms. The Morgan fingerprint density at radius 2 is 1.43 bits per heavy atom. The molecule has 0 unspecified atom stereocenters. The SMILES string of the molecule is CC(C)(C)OC(=O)NCCc1ccc(NC2CCN(C(=O)NCC(c3ccccc3)c3ccccc3)CC2)cc1. The van der Waals surface area contributed by atoms with Gasteiger partial charge in [-0.25, -0.2) is 9.59 Å². The van der Waals surface area contributed by atoms with Crippen LogP contribution in [0.2, 0.25) is 0 Å². The molecule has 1 aliphatic rings. The second-order valence-corrected chi connectivity index (χ2v) is 11.3. The maximum atomic E-state index is 13.0. The van der Waals surface area contributed by atoms with Gasteiger partial charge < -0.3 is 25.6 Å². The standard InChI is InChI=1S/C33H42N4O3/c1-33(2,3)40-32(39)34-21-18-25-14-16-28(17-15-25)36-29-19-22-37(23-20-29)31(38)35-24-30(26-10-6-4-7-11-26)27-12-8-5-9-13-27/h4-17,29-30,36H,18-24H2,1-3H3,(H,34,39)(H,35,38). The van der Waals surface area contributed by atoms with Crippen LogP contribution in [0.25, 0.3) is 0 Å². The van der Waals surface area contributed by atoms with Gasteiger partial charge >= 0.3 is 12.1 Å². The van der Waals surface area contributed by atoms with Crippen molar-refractivity contribution in [3.8, 4) is 0 Å². The Balaban J connectivity index is 1.20. The summed E-state index contributed by atoms with van der Waals surface area (Å²) in [5, 5.41) is 9.60. The molecule has 0 aliphatic carbocycles. The van der Waals surface area contributed by atoms with E-state index in [0.717, 1.165) is 43.6 Å². The molecule has 40 heavy (non-hydrogen) atoms. The quantitative estimate of drug-likeness (QED) is 0.302. The number of alkyl carbamates (subject to hydrolysis) is 1. The molecule has 0 saturated carbocycles. The van der Waals surface area contributed by atoms with Gasteiger partial charge in [-0.05, 0) is 68.9 Å². The van der Waals surface area contributed by atoms with Gasteiger partial charge in [-0.15, -0.1) is 0 Å². The number of urea groups is 1. The molecule has 3 N–H and O–H groups in total. The van der Waals surface area contributed by atoms with Crippen LogP contribution < -0.4 is 16.0 Å². The van der Waals surface area contributed by atoms with Crippen molar-refractivity contribution in [1.82, 2.24) is 15.5 Å². The number of nitrogens with zero attached hydrogens (tertiary/aromatic N) is 1. The zero-order chi connectivity index (χ0) is 28.4. The van der Waals surface area contributed by atoms with Gasteiger partial charge in [0.05, 0.1) is 0 Å². The fourth-order valence-electron chi connectivity index (χ4n) is 4.95. The highest BCUT2D eigenvalue weighted by Crippen LogP contribution is 2.24. The number of piperidine rings is 1. The smallest absolute Gasteiger partial charge is 0.407 e. The summed E-state index contributed by atoms with van der Waals surface area (Å²) in [4.78, 5) is 26.7. The fourth-order valence-corrected chi connectivity index (χ4v) is 4.95. The summed E-state index contributed by atoms with van der Waals surface area (Å²) in [6.45, 7) is 8.09. The first-order valence-electron chi connectivity index (χ1n) is 14.2. The van der Waals surface area contributed by atoms with Crippen molar-refractivity contribution in [3.05, 3.63) is 102 Å². The van der Waals surface area contributed by atoms with E-state index in [9.17, 15) is 9.59 Å². The average Bonchev–Trinajstić information content (AvgIpc) is 2.95. The van der Waals surface area contributed by atoms with E-state index in [-0.39, 0.29) is 11.9 Å². The second-order valence-electron chi connectivity index (χ2n) is 11.3. The molecule has 1 saturated heterocycles. The number of anilines is 1. The molecule has 0 radical (unpaired) electrons. The van der Waals surface area contributed by atoms with Crippen LogP contribution in [0.15, 0.2) is 84.9 Å². The van der Waals surface area contributed by atoms with E-state index in [4.69, 9.17) is 4.74 Å². The largest absolute Gasteiger partial charge is 0.444 e. The minimum absolute atomic E-state index is 0.000318. The molecule has 7 heteroatoms. The minimum atomic E-state index is -0.495. The Morgan fingerprint density at radius 3 is 1.98 bits per heavy atom. The van der Waals surface area contributed by atoms with E-state index in [1.807, 2.05) is 62.1 Å². The topological polar surface area (TPSA) is 82.7 Å². The van der Waals surface area contributed by atoms with Crippen LogP contribution in [0.3, 0.4) is 0 Å². The van der Waals surface area contributed by atoms with Crippen molar-refractivity contribution in [1.29, 1.82) is 0 Å². The predicted octanol–water partition coefficient (Wildman–Crippen LogP) is 6.17. The van der Waals surface area contributed by atoms with E-state index in [1.54, 1.807) is 0 Å². The number of carbonyl (C=O) groups excluding carboxylic acids is 2. The van der Waals surface area contributed by atoms with Crippen LogP contribution in [0.4, 0.5) is 15.3 Å². The molecule has 7 nitrogen and oxygen atoms in total. The predicted molar refractivity (Wildman–Crippen MR) is 161 cm³/mol. The van der Waals surface area contributed by atoms with E-state index in [0.29, 0.717) is 19.1 Å². The van der Waals surface area contributed by atoms with E-state index in [2.05, 4.69) is 64.5 Å². The number of hydrogen-bond donors (Lipinski definition) is 3. The van der Waals surface area contributed by atoms with Crippen LogP contribution in [0, 0.1) is 0 Å². The fraction of sp³-hybridized carbons (Fsp3) is 0.394. The number of carbonyl (C=O) groups is 2. The molecule has 0 bridgehead atoms. The Hall–Kier alpha value is -4.00. The highest BCUT2D eigenvalue weighted by Gasteiger charge is 2.24. The van der Waals surface area contributed by atoms with Gasteiger partial charge in [0.25, 0.3) is 0 Å². The number of amides is 3. The van der Waals surface area contributed by atoms with E-state index in [1.165, 1.54) is 11.1 Å². The molecule has 3 aromatic carbocycles. The molecule has 212 valence electrons. The molecule has 0 aromatic heterocycles. The van der Waals surface area contributed by atoms with Gasteiger partial charge in [0.15, 0.2) is 0 Å². The zero-order valence-corrected chi connectivity index (χ0v) is 23.9. The summed E-state index contributed by atoms with van der Waals surface area (Å²) < 4.78 is 5.27. The monoisotopic (exact) mass is 542 g/mol. The van der Waals surface area contributed by atoms with Gasteiger partial charge in [-0.3, -0.25) is 0 Å². The summed E-state index contributed by atoms with van der Waals surface area (Å²) in [5.41, 5.74) is 4.12. The first-order valence-corrected chi connectivity index (χ1v) is 14.2. The Labute approximate surface area is 238 Å². The molecule has 1 heterocycles. The van der Waals surface area contributed by atoms with Gasteiger partial charge in [-0.1, -0.05) is 72.8 Å². The van der Waals surface area contributed by atoms with Crippen LogP contribution in [-0.4, -0.2) is 54.8 Å². The lowest BCUT2D eigenvalue weighted by atomic mass is 9.91. The van der Waals surface area contributed by atoms with Gasteiger partial charge in [-0.2, -0.15) is 0 Å². The molecule has 1 fully saturated rings. The number of rotatable bonds is 9. The summed E-state index contributed by atoms with van der Waals surface area (Å²) in [7, 11) is 0. The molecule has 3 amide bonds. The third-order valence-electron chi connectivity index (χ3n) is 7.05. The van der Waals surface area contributed by atoms with Gasteiger partial charge in [0.2, 0.25) is 0 Å². The lowest BCUT2D eigenvalue weighted by molar-refractivity contribution is 0.0528. The number of hydrogen-bond acceptors (Lipinski definition) is 4. The number of nitrogens with one attached hydrogen (secondary N) is 3. The number of ether oxygens (including phenoxy) is 1. The summed E-state index contributed by atoms with van der Waals surface area (Å²) in [5.74, 6) is 0.113. The summed E-state index contributed by atoms with van der Waals surface area (Å²) in [6.07, 6.45) is 2.14. The highest BCUT2D eigenvalue weighted by molar-refractivity contribution is 5.74. The second kappa shape index (κ2) is 13.9. The third kappa shape index (κ3) is 9.04. The van der Waals surface area contributed by atoms with Crippen molar-refractivity contribution < 1.29 is 14.3 Å². The van der Waals surface area contributed by atoms with Crippen LogP contribution in [0.5, 0.6) is 0 Å². The Kier molecular flexibility index (Phi) is 10.1. The Bertz CT molecular complexity index is 1160. The van der Waals surface area contributed by atoms with Gasteiger partial charge in [0, 0.05) is 43.8 Å². The van der Waals surface area contributed by atoms with E-state index >= 15 is 0 Å². The minimum Gasteiger partial charge on any atom is -0.444 e. The van der Waals surface area contributed by atoms with Crippen molar-refractivity contribution in [3.63, 3.8) is 0 Å². The van der Waals surface area contributed by atoms with Crippen molar-refractivity contribution >= 4 is 17.8 Å². The summed E-state index contributed by atoms with van der Waals surface area (Å²) in [6, 6.07) is 29.3. The Morgan fingerprint density at radius 1 is 0.850 bits per heavy atom. The number of benzene rings is 3. The van der Waals surface area contributed by atoms with Crippen LogP contribution in [-0.2, 0) is 11.2 Å². The van der Waals surface area contributed by atoms with Crippen LogP contribution >= 0.6 is 0 Å². The number of likely N-dealkylation sites (tertiary alicyclic amines) is 1. The third-order valence-corrected chi connectivity index (χ3v) is 7.05. The molecule has 1 aliphatic heterocycles. The molecule has 0 atom stereocenters. The van der Waals surface area contributed by atoms with Gasteiger partial charge in [0.1, 0.15) is 5.60 Å². The average molecular weight is 543 g/mol. The van der Waals surface area contributed by atoms with Crippen molar-refractivity contribution in [2.24, 2.45) is 0 Å². The van der Waals surface area contributed by atoms with Crippen molar-refractivity contribution in [2.45, 2.75) is 57.6 Å². The molecule has 3 aromatic rings. The first kappa shape index (κ1) is 29.0. The molecular weight excluding hydrogens is 500 g/mol. The lowest BCUT2D eigenvalue weighted by Gasteiger charge is -2.33. The first-order chi connectivity index (χ1) is 19.3. The molecule has 4 rings (SSSR count). The highest BCUT2D eigenvalue weighted by atomic mass is 16.6. The van der Waals surface area contributed by atoms with Crippen LogP contribution in [0.1, 0.15) is 56.2 Å². The normalized spacial score (nSPS) is 14.1.